The minimum atomic E-state index is -3.66. The van der Waals surface area contributed by atoms with E-state index in [1.165, 1.54) is 6.07 Å². The summed E-state index contributed by atoms with van der Waals surface area (Å²) in [6.45, 7) is 4.42. The molecule has 3 heterocycles. The van der Waals surface area contributed by atoms with E-state index in [9.17, 15) is 13.2 Å². The van der Waals surface area contributed by atoms with Crippen molar-refractivity contribution in [3.63, 3.8) is 0 Å². The molecule has 2 aromatic rings. The number of likely N-dealkylation sites (tertiary alicyclic amines) is 1. The average Bonchev–Trinajstić information content (AvgIpc) is 3.26. The topological polar surface area (TPSA) is 105 Å². The van der Waals surface area contributed by atoms with Crippen LogP contribution in [-0.2, 0) is 14.8 Å². The molecule has 1 aliphatic rings. The van der Waals surface area contributed by atoms with Crippen LogP contribution in [0.4, 0.5) is 0 Å². The highest BCUT2D eigenvalue weighted by Crippen LogP contribution is 2.27. The Bertz CT molecular complexity index is 824. The molecule has 1 aliphatic heterocycles. The fraction of sp³-hybridized carbons (Fsp3) is 0.533. The molecule has 1 saturated heterocycles. The van der Waals surface area contributed by atoms with Gasteiger partial charge in [-0.25, -0.2) is 8.42 Å². The summed E-state index contributed by atoms with van der Waals surface area (Å²) in [5.41, 5.74) is 0. The van der Waals surface area contributed by atoms with E-state index in [-0.39, 0.29) is 16.0 Å². The first kappa shape index (κ1) is 18.0. The summed E-state index contributed by atoms with van der Waals surface area (Å²) in [6, 6.07) is 2.37. The van der Waals surface area contributed by atoms with Gasteiger partial charge in [-0.05, 0) is 38.1 Å². The normalized spacial score (nSPS) is 17.6. The van der Waals surface area contributed by atoms with Crippen molar-refractivity contribution >= 4 is 27.3 Å². The van der Waals surface area contributed by atoms with Crippen LogP contribution in [0.15, 0.2) is 26.2 Å². The SMILES string of the molecule is Cc1noc(C2CCN(C(=O)C(C)NS(=O)(=O)c3cccs3)CC2)n1. The van der Waals surface area contributed by atoms with Crippen molar-refractivity contribution in [2.75, 3.05) is 13.1 Å². The van der Waals surface area contributed by atoms with Crippen molar-refractivity contribution in [1.82, 2.24) is 19.8 Å². The van der Waals surface area contributed by atoms with E-state index in [1.807, 2.05) is 0 Å². The molecule has 0 saturated carbocycles. The van der Waals surface area contributed by atoms with Gasteiger partial charge < -0.3 is 9.42 Å². The van der Waals surface area contributed by atoms with Crippen LogP contribution in [0, 0.1) is 6.92 Å². The smallest absolute Gasteiger partial charge is 0.250 e. The molecule has 0 aliphatic carbocycles. The van der Waals surface area contributed by atoms with Crippen LogP contribution >= 0.6 is 11.3 Å². The highest BCUT2D eigenvalue weighted by atomic mass is 32.2. The molecule has 1 atom stereocenters. The summed E-state index contributed by atoms with van der Waals surface area (Å²) in [7, 11) is -3.66. The number of aryl methyl sites for hydroxylation is 1. The third kappa shape index (κ3) is 4.07. The standard InChI is InChI=1S/C15H20N4O4S2/c1-10(18-25(21,22)13-4-3-9-24-13)15(20)19-7-5-12(6-8-19)14-16-11(2)17-23-14/h3-4,9-10,12,18H,5-8H2,1-2H3. The van der Waals surface area contributed by atoms with Gasteiger partial charge in [-0.2, -0.15) is 9.71 Å². The maximum Gasteiger partial charge on any atom is 0.250 e. The third-order valence-corrected chi connectivity index (χ3v) is 7.10. The molecule has 10 heteroatoms. The van der Waals surface area contributed by atoms with Crippen LogP contribution < -0.4 is 4.72 Å². The number of thiophene rings is 1. The Hall–Kier alpha value is -1.78. The number of nitrogens with zero attached hydrogens (tertiary/aromatic N) is 3. The quantitative estimate of drug-likeness (QED) is 0.838. The van der Waals surface area contributed by atoms with Crippen LogP contribution in [0.5, 0.6) is 0 Å². The number of carbonyl (C=O) groups is 1. The molecule has 1 amide bonds. The minimum absolute atomic E-state index is 0.142. The first-order chi connectivity index (χ1) is 11.9. The van der Waals surface area contributed by atoms with Gasteiger partial charge in [0, 0.05) is 19.0 Å². The monoisotopic (exact) mass is 384 g/mol. The lowest BCUT2D eigenvalue weighted by molar-refractivity contribution is -0.133. The second kappa shape index (κ2) is 7.22. The van der Waals surface area contributed by atoms with Gasteiger partial charge in [0.25, 0.3) is 10.0 Å². The van der Waals surface area contributed by atoms with Crippen LogP contribution in [-0.4, -0.2) is 48.5 Å². The fourth-order valence-corrected chi connectivity index (χ4v) is 5.06. The van der Waals surface area contributed by atoms with Crippen molar-refractivity contribution in [1.29, 1.82) is 0 Å². The van der Waals surface area contributed by atoms with E-state index in [0.717, 1.165) is 24.2 Å². The number of amides is 1. The molecule has 8 nitrogen and oxygen atoms in total. The lowest BCUT2D eigenvalue weighted by Gasteiger charge is -2.32. The largest absolute Gasteiger partial charge is 0.341 e. The fourth-order valence-electron chi connectivity index (χ4n) is 2.86. The number of piperidine rings is 1. The van der Waals surface area contributed by atoms with Gasteiger partial charge >= 0.3 is 0 Å². The number of carbonyl (C=O) groups excluding carboxylic acids is 1. The van der Waals surface area contributed by atoms with Gasteiger partial charge in [0.05, 0.1) is 6.04 Å². The zero-order valence-corrected chi connectivity index (χ0v) is 15.6. The number of nitrogens with one attached hydrogen (secondary N) is 1. The van der Waals surface area contributed by atoms with Gasteiger partial charge in [0.1, 0.15) is 4.21 Å². The van der Waals surface area contributed by atoms with Gasteiger partial charge in [0.15, 0.2) is 5.82 Å². The zero-order chi connectivity index (χ0) is 18.0. The summed E-state index contributed by atoms with van der Waals surface area (Å²) in [5.74, 6) is 1.13. The van der Waals surface area contributed by atoms with Gasteiger partial charge in [-0.3, -0.25) is 4.79 Å². The Morgan fingerprint density at radius 2 is 2.16 bits per heavy atom. The molecule has 0 spiro atoms. The molecule has 3 rings (SSSR count). The average molecular weight is 384 g/mol. The summed E-state index contributed by atoms with van der Waals surface area (Å²) < 4.78 is 32.3. The third-order valence-electron chi connectivity index (χ3n) is 4.16. The summed E-state index contributed by atoms with van der Waals surface area (Å²) in [6.07, 6.45) is 1.44. The number of aromatic nitrogens is 2. The van der Waals surface area contributed by atoms with Gasteiger partial charge in [-0.15, -0.1) is 11.3 Å². The molecule has 25 heavy (non-hydrogen) atoms. The first-order valence-electron chi connectivity index (χ1n) is 8.01. The van der Waals surface area contributed by atoms with Crippen molar-refractivity contribution < 1.29 is 17.7 Å². The Labute approximate surface area is 150 Å². The Balaban J connectivity index is 1.57. The van der Waals surface area contributed by atoms with Crippen LogP contribution in [0.2, 0.25) is 0 Å². The predicted octanol–water partition coefficient (Wildman–Crippen LogP) is 1.51. The zero-order valence-electron chi connectivity index (χ0n) is 14.0. The van der Waals surface area contributed by atoms with Crippen molar-refractivity contribution in [3.8, 4) is 0 Å². The molecule has 0 bridgehead atoms. The Morgan fingerprint density at radius 1 is 1.44 bits per heavy atom. The van der Waals surface area contributed by atoms with Gasteiger partial charge in [-0.1, -0.05) is 11.2 Å². The maximum absolute atomic E-state index is 12.5. The minimum Gasteiger partial charge on any atom is -0.341 e. The van der Waals surface area contributed by atoms with Crippen molar-refractivity contribution in [2.45, 2.75) is 42.9 Å². The second-order valence-electron chi connectivity index (χ2n) is 6.05. The Kier molecular flexibility index (Phi) is 5.21. The molecule has 136 valence electrons. The number of rotatable bonds is 5. The van der Waals surface area contributed by atoms with Crippen molar-refractivity contribution in [2.24, 2.45) is 0 Å². The molecule has 2 aromatic heterocycles. The first-order valence-corrected chi connectivity index (χ1v) is 10.4. The van der Waals surface area contributed by atoms with E-state index in [2.05, 4.69) is 14.9 Å². The van der Waals surface area contributed by atoms with Crippen LogP contribution in [0.3, 0.4) is 0 Å². The van der Waals surface area contributed by atoms with E-state index < -0.39 is 16.1 Å². The highest BCUT2D eigenvalue weighted by Gasteiger charge is 2.31. The van der Waals surface area contributed by atoms with Gasteiger partial charge in [0.2, 0.25) is 11.8 Å². The molecule has 0 aromatic carbocycles. The van der Waals surface area contributed by atoms with E-state index >= 15 is 0 Å². The molecule has 1 unspecified atom stereocenters. The highest BCUT2D eigenvalue weighted by molar-refractivity contribution is 7.91. The summed E-state index contributed by atoms with van der Waals surface area (Å²) in [5, 5.41) is 5.48. The molecular formula is C15H20N4O4S2. The molecule has 0 radical (unpaired) electrons. The number of sulfonamides is 1. The number of hydrogen-bond acceptors (Lipinski definition) is 7. The number of hydrogen-bond donors (Lipinski definition) is 1. The van der Waals surface area contributed by atoms with E-state index in [4.69, 9.17) is 4.52 Å². The Morgan fingerprint density at radius 3 is 2.72 bits per heavy atom. The summed E-state index contributed by atoms with van der Waals surface area (Å²) >= 11 is 1.12. The molecule has 1 fully saturated rings. The van der Waals surface area contributed by atoms with E-state index in [0.29, 0.717) is 24.8 Å². The van der Waals surface area contributed by atoms with Crippen LogP contribution in [0.1, 0.15) is 37.4 Å². The lowest BCUT2D eigenvalue weighted by atomic mass is 9.96. The summed E-state index contributed by atoms with van der Waals surface area (Å²) in [4.78, 5) is 18.5. The lowest BCUT2D eigenvalue weighted by Crippen LogP contribution is -2.49. The van der Waals surface area contributed by atoms with E-state index in [1.54, 1.807) is 30.2 Å². The second-order valence-corrected chi connectivity index (χ2v) is 8.94. The molecular weight excluding hydrogens is 364 g/mol. The molecule has 1 N–H and O–H groups in total. The predicted molar refractivity (Wildman–Crippen MR) is 91.7 cm³/mol. The maximum atomic E-state index is 12.5. The van der Waals surface area contributed by atoms with Crippen molar-refractivity contribution in [3.05, 3.63) is 29.2 Å². The van der Waals surface area contributed by atoms with Crippen LogP contribution in [0.25, 0.3) is 0 Å².